The van der Waals surface area contributed by atoms with Crippen LogP contribution in [0.3, 0.4) is 0 Å². The van der Waals surface area contributed by atoms with Crippen molar-refractivity contribution in [2.75, 3.05) is 13.1 Å². The minimum Gasteiger partial charge on any atom is -0.352 e. The molecule has 1 fully saturated rings. The number of aromatic nitrogens is 1. The molecule has 2 amide bonds. The van der Waals surface area contributed by atoms with E-state index in [1.165, 1.54) is 17.0 Å². The number of rotatable bonds is 2. The number of carbonyl (C=O) groups excluding carboxylic acids is 2. The molecular weight excluding hydrogens is 333 g/mol. The van der Waals surface area contributed by atoms with Crippen LogP contribution in [0, 0.1) is 12.7 Å². The summed E-state index contributed by atoms with van der Waals surface area (Å²) in [7, 11) is 0. The van der Waals surface area contributed by atoms with E-state index in [9.17, 15) is 14.0 Å². The Morgan fingerprint density at radius 3 is 2.77 bits per heavy atom. The van der Waals surface area contributed by atoms with Crippen molar-refractivity contribution in [2.24, 2.45) is 0 Å². The van der Waals surface area contributed by atoms with Gasteiger partial charge in [0.1, 0.15) is 17.6 Å². The maximum atomic E-state index is 13.7. The molecule has 1 aliphatic rings. The fourth-order valence-corrected chi connectivity index (χ4v) is 3.53. The zero-order chi connectivity index (χ0) is 18.3. The standard InChI is InChI=1S/C20H18FN3O2/c1-12-15-7-2-3-8-16(15)23-17(12)20(26)24-10-9-22-19(25)18(24)13-5-4-6-14(21)11-13/h2-8,11,18,23H,9-10H2,1H3,(H,22,25). The molecule has 132 valence electrons. The van der Waals surface area contributed by atoms with E-state index in [2.05, 4.69) is 10.3 Å². The summed E-state index contributed by atoms with van der Waals surface area (Å²) in [6, 6.07) is 12.7. The molecule has 0 aliphatic carbocycles. The van der Waals surface area contributed by atoms with Crippen molar-refractivity contribution in [2.45, 2.75) is 13.0 Å². The lowest BCUT2D eigenvalue weighted by molar-refractivity contribution is -0.128. The molecule has 0 spiro atoms. The van der Waals surface area contributed by atoms with Gasteiger partial charge < -0.3 is 15.2 Å². The van der Waals surface area contributed by atoms with E-state index in [0.29, 0.717) is 24.3 Å². The van der Waals surface area contributed by atoms with Crippen molar-refractivity contribution in [3.8, 4) is 0 Å². The van der Waals surface area contributed by atoms with Gasteiger partial charge in [0.25, 0.3) is 5.91 Å². The Morgan fingerprint density at radius 1 is 1.19 bits per heavy atom. The maximum Gasteiger partial charge on any atom is 0.271 e. The largest absolute Gasteiger partial charge is 0.352 e. The molecule has 2 N–H and O–H groups in total. The number of nitrogens with zero attached hydrogens (tertiary/aromatic N) is 1. The second-order valence-electron chi connectivity index (χ2n) is 6.42. The van der Waals surface area contributed by atoms with Crippen LogP contribution in [0.4, 0.5) is 4.39 Å². The number of para-hydroxylation sites is 1. The number of nitrogens with one attached hydrogen (secondary N) is 2. The van der Waals surface area contributed by atoms with E-state index in [1.807, 2.05) is 31.2 Å². The number of halogens is 1. The van der Waals surface area contributed by atoms with Crippen LogP contribution in [0.15, 0.2) is 48.5 Å². The Morgan fingerprint density at radius 2 is 2.00 bits per heavy atom. The SMILES string of the molecule is Cc1c(C(=O)N2CCNC(=O)C2c2cccc(F)c2)[nH]c2ccccc12. The quantitative estimate of drug-likeness (QED) is 0.746. The Hall–Kier alpha value is -3.15. The second kappa shape index (κ2) is 6.29. The van der Waals surface area contributed by atoms with Gasteiger partial charge in [0.15, 0.2) is 0 Å². The predicted molar refractivity (Wildman–Crippen MR) is 96.2 cm³/mol. The number of amides is 2. The zero-order valence-electron chi connectivity index (χ0n) is 14.3. The third-order valence-electron chi connectivity index (χ3n) is 4.82. The highest BCUT2D eigenvalue weighted by molar-refractivity contribution is 6.03. The Kier molecular flexibility index (Phi) is 3.95. The van der Waals surface area contributed by atoms with Gasteiger partial charge in [-0.05, 0) is 36.2 Å². The van der Waals surface area contributed by atoms with Crippen LogP contribution in [-0.2, 0) is 4.79 Å². The summed E-state index contributed by atoms with van der Waals surface area (Å²) in [4.78, 5) is 30.4. The topological polar surface area (TPSA) is 65.2 Å². The number of piperazine rings is 1. The van der Waals surface area contributed by atoms with Crippen LogP contribution in [0.5, 0.6) is 0 Å². The highest BCUT2D eigenvalue weighted by atomic mass is 19.1. The van der Waals surface area contributed by atoms with Crippen molar-refractivity contribution in [3.05, 3.63) is 71.2 Å². The summed E-state index contributed by atoms with van der Waals surface area (Å²) in [6.45, 7) is 2.61. The molecule has 0 bridgehead atoms. The Bertz CT molecular complexity index is 1010. The lowest BCUT2D eigenvalue weighted by Crippen LogP contribution is -2.52. The van der Waals surface area contributed by atoms with E-state index in [4.69, 9.17) is 0 Å². The van der Waals surface area contributed by atoms with Crippen LogP contribution < -0.4 is 5.32 Å². The number of hydrogen-bond acceptors (Lipinski definition) is 2. The predicted octanol–water partition coefficient (Wildman–Crippen LogP) is 2.93. The minimum atomic E-state index is -0.849. The van der Waals surface area contributed by atoms with E-state index in [-0.39, 0.29) is 11.8 Å². The first-order valence-electron chi connectivity index (χ1n) is 8.47. The first-order valence-corrected chi connectivity index (χ1v) is 8.47. The monoisotopic (exact) mass is 351 g/mol. The summed E-state index contributed by atoms with van der Waals surface area (Å²) in [5.41, 5.74) is 2.64. The number of fused-ring (bicyclic) bond motifs is 1. The summed E-state index contributed by atoms with van der Waals surface area (Å²) < 4.78 is 13.7. The molecule has 1 aliphatic heterocycles. The van der Waals surface area contributed by atoms with Crippen LogP contribution >= 0.6 is 0 Å². The average Bonchev–Trinajstić information content (AvgIpc) is 2.98. The molecule has 4 rings (SSSR count). The van der Waals surface area contributed by atoms with Crippen LogP contribution in [0.1, 0.15) is 27.7 Å². The summed E-state index contributed by atoms with van der Waals surface area (Å²) in [5, 5.41) is 3.73. The van der Waals surface area contributed by atoms with Gasteiger partial charge in [0.2, 0.25) is 5.91 Å². The molecule has 1 saturated heterocycles. The molecule has 2 heterocycles. The van der Waals surface area contributed by atoms with Gasteiger partial charge >= 0.3 is 0 Å². The Labute approximate surface area is 149 Å². The molecule has 5 nitrogen and oxygen atoms in total. The summed E-state index contributed by atoms with van der Waals surface area (Å²) in [5.74, 6) is -0.998. The fraction of sp³-hybridized carbons (Fsp3) is 0.200. The smallest absolute Gasteiger partial charge is 0.271 e. The van der Waals surface area contributed by atoms with Crippen molar-refractivity contribution in [1.82, 2.24) is 15.2 Å². The highest BCUT2D eigenvalue weighted by Gasteiger charge is 2.36. The van der Waals surface area contributed by atoms with Gasteiger partial charge in [-0.2, -0.15) is 0 Å². The molecule has 3 aromatic rings. The van der Waals surface area contributed by atoms with Gasteiger partial charge in [-0.1, -0.05) is 30.3 Å². The lowest BCUT2D eigenvalue weighted by atomic mass is 10.0. The van der Waals surface area contributed by atoms with Crippen molar-refractivity contribution in [3.63, 3.8) is 0 Å². The van der Waals surface area contributed by atoms with Crippen molar-refractivity contribution in [1.29, 1.82) is 0 Å². The van der Waals surface area contributed by atoms with Crippen LogP contribution in [0.2, 0.25) is 0 Å². The van der Waals surface area contributed by atoms with E-state index < -0.39 is 11.9 Å². The normalized spacial score (nSPS) is 17.4. The van der Waals surface area contributed by atoms with Gasteiger partial charge in [0.05, 0.1) is 0 Å². The van der Waals surface area contributed by atoms with E-state index in [0.717, 1.165) is 16.5 Å². The molecule has 6 heteroatoms. The molecule has 2 aromatic carbocycles. The van der Waals surface area contributed by atoms with E-state index >= 15 is 0 Å². The maximum absolute atomic E-state index is 13.7. The van der Waals surface area contributed by atoms with Gasteiger partial charge in [-0.3, -0.25) is 9.59 Å². The van der Waals surface area contributed by atoms with Crippen LogP contribution in [0.25, 0.3) is 10.9 Å². The van der Waals surface area contributed by atoms with Gasteiger partial charge in [0, 0.05) is 24.0 Å². The number of aromatic amines is 1. The number of H-pyrrole nitrogens is 1. The number of aryl methyl sites for hydroxylation is 1. The third-order valence-corrected chi connectivity index (χ3v) is 4.82. The molecule has 1 atom stereocenters. The molecule has 0 saturated carbocycles. The zero-order valence-corrected chi connectivity index (χ0v) is 14.3. The molecule has 1 unspecified atom stereocenters. The minimum absolute atomic E-state index is 0.261. The summed E-state index contributed by atoms with van der Waals surface area (Å²) in [6.07, 6.45) is 0. The Balaban J connectivity index is 1.77. The highest BCUT2D eigenvalue weighted by Crippen LogP contribution is 2.28. The fourth-order valence-electron chi connectivity index (χ4n) is 3.53. The average molecular weight is 351 g/mol. The third kappa shape index (κ3) is 2.63. The first-order chi connectivity index (χ1) is 12.6. The summed E-state index contributed by atoms with van der Waals surface area (Å²) >= 11 is 0. The molecule has 1 aromatic heterocycles. The second-order valence-corrected chi connectivity index (χ2v) is 6.42. The van der Waals surface area contributed by atoms with Crippen molar-refractivity contribution >= 4 is 22.7 Å². The first kappa shape index (κ1) is 16.3. The molecule has 0 radical (unpaired) electrons. The van der Waals surface area contributed by atoms with Gasteiger partial charge in [-0.15, -0.1) is 0 Å². The molecular formula is C20H18FN3O2. The lowest BCUT2D eigenvalue weighted by Gasteiger charge is -2.35. The van der Waals surface area contributed by atoms with Crippen LogP contribution in [-0.4, -0.2) is 34.8 Å². The molecule has 26 heavy (non-hydrogen) atoms. The number of hydrogen-bond donors (Lipinski definition) is 2. The number of carbonyl (C=O) groups is 2. The number of benzene rings is 2. The van der Waals surface area contributed by atoms with Gasteiger partial charge in [-0.25, -0.2) is 4.39 Å². The van der Waals surface area contributed by atoms with E-state index in [1.54, 1.807) is 12.1 Å². The van der Waals surface area contributed by atoms with Crippen molar-refractivity contribution < 1.29 is 14.0 Å².